The summed E-state index contributed by atoms with van der Waals surface area (Å²) in [5, 5.41) is 29.7. The van der Waals surface area contributed by atoms with Crippen LogP contribution in [0.2, 0.25) is 5.02 Å². The number of aromatic nitrogens is 3. The van der Waals surface area contributed by atoms with E-state index in [1.807, 2.05) is 18.3 Å². The van der Waals surface area contributed by atoms with Gasteiger partial charge in [-0.2, -0.15) is 5.26 Å². The fourth-order valence-electron chi connectivity index (χ4n) is 6.12. The van der Waals surface area contributed by atoms with Crippen LogP contribution in [0.3, 0.4) is 0 Å². The highest BCUT2D eigenvalue weighted by Gasteiger charge is 2.64. The summed E-state index contributed by atoms with van der Waals surface area (Å²) in [6.45, 7) is 8.28. The van der Waals surface area contributed by atoms with Crippen molar-refractivity contribution in [2.75, 3.05) is 0 Å². The van der Waals surface area contributed by atoms with Crippen molar-refractivity contribution in [3.63, 3.8) is 0 Å². The summed E-state index contributed by atoms with van der Waals surface area (Å²) in [7, 11) is 0. The summed E-state index contributed by atoms with van der Waals surface area (Å²) in [4.78, 5) is 24.3. The van der Waals surface area contributed by atoms with Crippen LogP contribution in [0.1, 0.15) is 81.4 Å². The standard InChI is InChI=1S/C31H37ClN6O4/c1-30(2)28(31(3,4)29(30)42-24-16-13-21(18-33)25(32)17-24)34-27(40)20-11-14-23(15-12-20)38-19-22(35-37-38)9-7-5-6-8-10-26(39)36-41/h11-17,19,28-29,41H,5-10H2,1-4H3,(H,34,40)(H,36,39). The Morgan fingerprint density at radius 2 is 1.76 bits per heavy atom. The molecule has 0 atom stereocenters. The number of nitrogens with one attached hydrogen (secondary N) is 2. The number of hydroxylamine groups is 1. The number of carbonyl (C=O) groups is 2. The molecule has 1 aliphatic carbocycles. The molecule has 1 fully saturated rings. The van der Waals surface area contributed by atoms with Gasteiger partial charge < -0.3 is 10.1 Å². The number of nitrogens with zero attached hydrogens (tertiary/aromatic N) is 4. The molecular formula is C31H37ClN6O4. The van der Waals surface area contributed by atoms with Crippen molar-refractivity contribution in [1.82, 2.24) is 25.8 Å². The van der Waals surface area contributed by atoms with Gasteiger partial charge in [0.05, 0.1) is 28.2 Å². The Morgan fingerprint density at radius 1 is 1.07 bits per heavy atom. The first kappa shape index (κ1) is 31.0. The number of unbranched alkanes of at least 4 members (excludes halogenated alkanes) is 3. The average Bonchev–Trinajstić information content (AvgIpc) is 3.45. The predicted molar refractivity (Wildman–Crippen MR) is 157 cm³/mol. The van der Waals surface area contributed by atoms with Crippen molar-refractivity contribution in [3.8, 4) is 17.5 Å². The zero-order chi connectivity index (χ0) is 30.5. The second kappa shape index (κ2) is 12.9. The van der Waals surface area contributed by atoms with Crippen molar-refractivity contribution >= 4 is 23.4 Å². The van der Waals surface area contributed by atoms with Crippen LogP contribution < -0.4 is 15.5 Å². The van der Waals surface area contributed by atoms with Crippen LogP contribution in [0.5, 0.6) is 5.75 Å². The molecule has 4 rings (SSSR count). The lowest BCUT2D eigenvalue weighted by Gasteiger charge is -2.63. The molecule has 11 heteroatoms. The van der Waals surface area contributed by atoms with Gasteiger partial charge in [0.1, 0.15) is 17.9 Å². The second-order valence-electron chi connectivity index (χ2n) is 12.0. The quantitative estimate of drug-likeness (QED) is 0.145. The average molecular weight is 593 g/mol. The molecule has 1 aromatic heterocycles. The van der Waals surface area contributed by atoms with Gasteiger partial charge in [0.25, 0.3) is 5.91 Å². The van der Waals surface area contributed by atoms with Gasteiger partial charge in [-0.15, -0.1) is 5.10 Å². The zero-order valence-electron chi connectivity index (χ0n) is 24.4. The van der Waals surface area contributed by atoms with E-state index in [9.17, 15) is 9.59 Å². The Hall–Kier alpha value is -3.94. The highest BCUT2D eigenvalue weighted by atomic mass is 35.5. The maximum atomic E-state index is 13.2. The summed E-state index contributed by atoms with van der Waals surface area (Å²) in [5.41, 5.74) is 3.55. The van der Waals surface area contributed by atoms with E-state index in [0.717, 1.165) is 43.5 Å². The molecule has 2 aromatic carbocycles. The van der Waals surface area contributed by atoms with Crippen LogP contribution in [0, 0.1) is 22.2 Å². The minimum Gasteiger partial charge on any atom is -0.489 e. The number of ether oxygens (including phenoxy) is 1. The van der Waals surface area contributed by atoms with Crippen LogP contribution in [-0.2, 0) is 11.2 Å². The summed E-state index contributed by atoms with van der Waals surface area (Å²) in [6, 6.07) is 14.2. The summed E-state index contributed by atoms with van der Waals surface area (Å²) in [6.07, 6.45) is 6.33. The van der Waals surface area contributed by atoms with Gasteiger partial charge >= 0.3 is 0 Å². The number of aryl methyl sites for hydroxylation is 1. The number of rotatable bonds is 12. The molecule has 2 amide bonds. The fraction of sp³-hybridized carbons (Fsp3) is 0.452. The molecule has 1 aliphatic rings. The van der Waals surface area contributed by atoms with Crippen LogP contribution in [-0.4, -0.2) is 44.2 Å². The molecule has 0 unspecified atom stereocenters. The van der Waals surface area contributed by atoms with Gasteiger partial charge in [-0.3, -0.25) is 14.8 Å². The van der Waals surface area contributed by atoms with E-state index in [4.69, 9.17) is 26.8 Å². The Labute approximate surface area is 251 Å². The fourth-order valence-corrected chi connectivity index (χ4v) is 6.33. The molecule has 1 saturated carbocycles. The van der Waals surface area contributed by atoms with Gasteiger partial charge in [-0.25, -0.2) is 10.2 Å². The topological polar surface area (TPSA) is 142 Å². The molecule has 0 aliphatic heterocycles. The lowest BCUT2D eigenvalue weighted by molar-refractivity contribution is -0.164. The zero-order valence-corrected chi connectivity index (χ0v) is 25.1. The SMILES string of the molecule is CC1(C)C(NC(=O)c2ccc(-n3cc(CCCCCCC(=O)NO)nn3)cc2)C(C)(C)C1Oc1ccc(C#N)c(Cl)c1. The predicted octanol–water partition coefficient (Wildman–Crippen LogP) is 5.40. The van der Waals surface area contributed by atoms with E-state index >= 15 is 0 Å². The van der Waals surface area contributed by atoms with Gasteiger partial charge in [0, 0.05) is 34.9 Å². The van der Waals surface area contributed by atoms with Crippen LogP contribution in [0.15, 0.2) is 48.7 Å². The summed E-state index contributed by atoms with van der Waals surface area (Å²) in [5.74, 6) is 0.0670. The number of hydrogen-bond acceptors (Lipinski definition) is 7. The Kier molecular flexibility index (Phi) is 9.54. The summed E-state index contributed by atoms with van der Waals surface area (Å²) < 4.78 is 8.01. The van der Waals surface area contributed by atoms with Gasteiger partial charge in [-0.1, -0.05) is 57.4 Å². The Bertz CT molecular complexity index is 1440. The van der Waals surface area contributed by atoms with E-state index < -0.39 is 0 Å². The molecule has 1 heterocycles. The third-order valence-electron chi connectivity index (χ3n) is 8.08. The van der Waals surface area contributed by atoms with E-state index in [2.05, 4.69) is 49.4 Å². The van der Waals surface area contributed by atoms with Crippen LogP contribution >= 0.6 is 11.6 Å². The number of hydrogen-bond donors (Lipinski definition) is 3. The molecular weight excluding hydrogens is 556 g/mol. The number of carbonyl (C=O) groups excluding carboxylic acids is 2. The third-order valence-corrected chi connectivity index (χ3v) is 8.39. The molecule has 42 heavy (non-hydrogen) atoms. The molecule has 3 aromatic rings. The molecule has 0 bridgehead atoms. The van der Waals surface area contributed by atoms with Crippen molar-refractivity contribution in [2.45, 2.75) is 78.4 Å². The normalized spacial score (nSPS) is 18.4. The first-order valence-electron chi connectivity index (χ1n) is 14.1. The van der Waals surface area contributed by atoms with E-state index in [1.54, 1.807) is 40.5 Å². The lowest BCUT2D eigenvalue weighted by atomic mass is 9.49. The highest BCUT2D eigenvalue weighted by Crippen LogP contribution is 2.55. The van der Waals surface area contributed by atoms with Gasteiger partial charge in [-0.05, 0) is 55.7 Å². The van der Waals surface area contributed by atoms with Crippen molar-refractivity contribution in [1.29, 1.82) is 5.26 Å². The van der Waals surface area contributed by atoms with Crippen LogP contribution in [0.4, 0.5) is 0 Å². The molecule has 0 saturated heterocycles. The molecule has 0 radical (unpaired) electrons. The number of benzene rings is 2. The minimum atomic E-state index is -0.359. The largest absolute Gasteiger partial charge is 0.489 e. The molecule has 0 spiro atoms. The van der Waals surface area contributed by atoms with E-state index in [1.165, 1.54) is 0 Å². The van der Waals surface area contributed by atoms with Gasteiger partial charge in [0.2, 0.25) is 5.91 Å². The Morgan fingerprint density at radius 3 is 2.40 bits per heavy atom. The van der Waals surface area contributed by atoms with E-state index in [-0.39, 0.29) is 34.8 Å². The van der Waals surface area contributed by atoms with E-state index in [0.29, 0.717) is 28.3 Å². The molecule has 3 N–H and O–H groups in total. The maximum absolute atomic E-state index is 13.2. The van der Waals surface area contributed by atoms with Crippen molar-refractivity contribution in [3.05, 3.63) is 70.5 Å². The number of halogens is 1. The monoisotopic (exact) mass is 592 g/mol. The van der Waals surface area contributed by atoms with Crippen molar-refractivity contribution in [2.24, 2.45) is 10.8 Å². The minimum absolute atomic E-state index is 0.138. The number of amides is 2. The molecule has 222 valence electrons. The number of nitriles is 1. The second-order valence-corrected chi connectivity index (χ2v) is 12.4. The third kappa shape index (κ3) is 6.75. The lowest BCUT2D eigenvalue weighted by Crippen LogP contribution is -2.74. The summed E-state index contributed by atoms with van der Waals surface area (Å²) >= 11 is 6.20. The first-order valence-corrected chi connectivity index (χ1v) is 14.5. The van der Waals surface area contributed by atoms with Crippen molar-refractivity contribution < 1.29 is 19.5 Å². The Balaban J connectivity index is 1.31. The molecule has 10 nitrogen and oxygen atoms in total. The van der Waals surface area contributed by atoms with Gasteiger partial charge in [0.15, 0.2) is 0 Å². The highest BCUT2D eigenvalue weighted by molar-refractivity contribution is 6.31. The first-order chi connectivity index (χ1) is 20.0. The van der Waals surface area contributed by atoms with Crippen LogP contribution in [0.25, 0.3) is 5.69 Å². The smallest absolute Gasteiger partial charge is 0.251 e. The maximum Gasteiger partial charge on any atom is 0.251 e.